The number of fused-ring (bicyclic) bond motifs is 4. The predicted octanol–water partition coefficient (Wildman–Crippen LogP) is 3.10. The summed E-state index contributed by atoms with van der Waals surface area (Å²) in [5, 5.41) is 9.87. The average Bonchev–Trinajstić information content (AvgIpc) is 3.08. The molecule has 5 heteroatoms. The first-order chi connectivity index (χ1) is 11.9. The minimum Gasteiger partial charge on any atom is -0.472 e. The van der Waals surface area contributed by atoms with E-state index in [9.17, 15) is 0 Å². The number of para-hydroxylation sites is 1. The summed E-state index contributed by atoms with van der Waals surface area (Å²) in [6, 6.07) is 12.2. The van der Waals surface area contributed by atoms with Crippen molar-refractivity contribution in [3.63, 3.8) is 0 Å². The molecule has 1 N–H and O–H groups in total. The van der Waals surface area contributed by atoms with E-state index in [1.54, 1.807) is 0 Å². The number of hydrogen-bond acceptors (Lipinski definition) is 4. The Labute approximate surface area is 140 Å². The number of aromatic amines is 1. The lowest BCUT2D eigenvalue weighted by Crippen LogP contribution is -2.52. The Morgan fingerprint density at radius 3 is 2.67 bits per heavy atom. The summed E-state index contributed by atoms with van der Waals surface area (Å²) in [6.07, 6.45) is 4.74. The van der Waals surface area contributed by atoms with E-state index in [-0.39, 0.29) is 6.10 Å². The molecule has 24 heavy (non-hydrogen) atoms. The molecule has 3 aliphatic rings. The van der Waals surface area contributed by atoms with Crippen LogP contribution >= 0.6 is 0 Å². The van der Waals surface area contributed by atoms with Crippen LogP contribution in [0.3, 0.4) is 0 Å². The van der Waals surface area contributed by atoms with E-state index in [1.165, 1.54) is 25.9 Å². The molecule has 3 aromatic rings. The molecule has 0 saturated carbocycles. The Bertz CT molecular complexity index is 849. The van der Waals surface area contributed by atoms with E-state index in [1.807, 2.05) is 30.5 Å². The van der Waals surface area contributed by atoms with Gasteiger partial charge in [0.1, 0.15) is 6.10 Å². The van der Waals surface area contributed by atoms with E-state index in [0.717, 1.165) is 28.7 Å². The highest BCUT2D eigenvalue weighted by atomic mass is 16.5. The highest BCUT2D eigenvalue weighted by Crippen LogP contribution is 2.31. The second-order valence-electron chi connectivity index (χ2n) is 6.80. The summed E-state index contributed by atoms with van der Waals surface area (Å²) in [5.74, 6) is 1.31. The van der Waals surface area contributed by atoms with E-state index in [0.29, 0.717) is 11.8 Å². The third-order valence-electron chi connectivity index (χ3n) is 5.37. The molecule has 2 bridgehead atoms. The molecule has 1 aromatic carbocycles. The number of rotatable bonds is 3. The van der Waals surface area contributed by atoms with Crippen LogP contribution in [0.5, 0.6) is 5.88 Å². The minimum atomic E-state index is 0.265. The Hall–Kier alpha value is -2.40. The monoisotopic (exact) mass is 320 g/mol. The van der Waals surface area contributed by atoms with Crippen molar-refractivity contribution in [3.05, 3.63) is 42.6 Å². The first-order valence-electron chi connectivity index (χ1n) is 8.66. The van der Waals surface area contributed by atoms with Crippen molar-refractivity contribution in [2.45, 2.75) is 18.9 Å². The van der Waals surface area contributed by atoms with Crippen LogP contribution in [0.25, 0.3) is 22.2 Å². The molecule has 2 aromatic heterocycles. The molecule has 0 aliphatic carbocycles. The van der Waals surface area contributed by atoms with Gasteiger partial charge in [-0.1, -0.05) is 18.2 Å². The van der Waals surface area contributed by atoms with E-state index in [4.69, 9.17) is 4.74 Å². The highest BCUT2D eigenvalue weighted by Gasteiger charge is 2.35. The average molecular weight is 320 g/mol. The number of aromatic nitrogens is 3. The molecule has 3 saturated heterocycles. The van der Waals surface area contributed by atoms with E-state index < -0.39 is 0 Å². The molecule has 5 nitrogen and oxygen atoms in total. The molecule has 3 fully saturated rings. The molecule has 5 heterocycles. The van der Waals surface area contributed by atoms with E-state index >= 15 is 0 Å². The number of H-pyrrole nitrogens is 1. The van der Waals surface area contributed by atoms with Gasteiger partial charge in [0, 0.05) is 35.3 Å². The van der Waals surface area contributed by atoms with Crippen molar-refractivity contribution >= 4 is 10.9 Å². The van der Waals surface area contributed by atoms with Crippen LogP contribution in [0.2, 0.25) is 0 Å². The lowest BCUT2D eigenvalue weighted by atomic mass is 9.86. The number of nitrogens with one attached hydrogen (secondary N) is 1. The van der Waals surface area contributed by atoms with Crippen LogP contribution < -0.4 is 4.74 Å². The minimum absolute atomic E-state index is 0.265. The van der Waals surface area contributed by atoms with Crippen LogP contribution in [0, 0.1) is 5.92 Å². The highest BCUT2D eigenvalue weighted by molar-refractivity contribution is 5.94. The summed E-state index contributed by atoms with van der Waals surface area (Å²) < 4.78 is 6.13. The van der Waals surface area contributed by atoms with Crippen LogP contribution in [0.15, 0.2) is 42.6 Å². The summed E-state index contributed by atoms with van der Waals surface area (Å²) in [4.78, 5) is 5.77. The summed E-state index contributed by atoms with van der Waals surface area (Å²) in [6.45, 7) is 3.46. The molecule has 0 unspecified atom stereocenters. The molecule has 1 atom stereocenters. The van der Waals surface area contributed by atoms with Gasteiger partial charge in [0.15, 0.2) is 0 Å². The predicted molar refractivity (Wildman–Crippen MR) is 92.9 cm³/mol. The summed E-state index contributed by atoms with van der Waals surface area (Å²) in [5.41, 5.74) is 3.06. The van der Waals surface area contributed by atoms with Crippen molar-refractivity contribution in [1.29, 1.82) is 0 Å². The second kappa shape index (κ2) is 5.60. The van der Waals surface area contributed by atoms with Crippen LogP contribution in [0.4, 0.5) is 0 Å². The fraction of sp³-hybridized carbons (Fsp3) is 0.368. The van der Waals surface area contributed by atoms with Gasteiger partial charge in [-0.15, -0.1) is 10.2 Å². The topological polar surface area (TPSA) is 54.0 Å². The van der Waals surface area contributed by atoms with Crippen molar-refractivity contribution in [3.8, 4) is 17.1 Å². The molecular weight excluding hydrogens is 300 g/mol. The van der Waals surface area contributed by atoms with Crippen molar-refractivity contribution in [2.24, 2.45) is 5.92 Å². The van der Waals surface area contributed by atoms with Gasteiger partial charge in [0.2, 0.25) is 5.88 Å². The van der Waals surface area contributed by atoms with E-state index in [2.05, 4.69) is 32.2 Å². The molecule has 0 radical (unpaired) electrons. The number of hydrogen-bond donors (Lipinski definition) is 1. The number of benzene rings is 1. The Kier molecular flexibility index (Phi) is 3.26. The number of ether oxygens (including phenoxy) is 1. The zero-order valence-corrected chi connectivity index (χ0v) is 13.5. The zero-order chi connectivity index (χ0) is 15.9. The fourth-order valence-electron chi connectivity index (χ4n) is 4.01. The molecule has 0 spiro atoms. The van der Waals surface area contributed by atoms with Gasteiger partial charge in [0.25, 0.3) is 0 Å². The number of nitrogens with zero attached hydrogens (tertiary/aromatic N) is 3. The molecule has 122 valence electrons. The third-order valence-corrected chi connectivity index (χ3v) is 5.37. The molecule has 3 aliphatic heterocycles. The first-order valence-corrected chi connectivity index (χ1v) is 8.66. The Balaban J connectivity index is 1.37. The number of piperidine rings is 3. The van der Waals surface area contributed by atoms with Crippen LogP contribution in [-0.4, -0.2) is 45.8 Å². The second-order valence-corrected chi connectivity index (χ2v) is 6.80. The van der Waals surface area contributed by atoms with Crippen LogP contribution in [0.1, 0.15) is 12.8 Å². The maximum atomic E-state index is 6.13. The lowest BCUT2D eigenvalue weighted by molar-refractivity contribution is -0.0103. The van der Waals surface area contributed by atoms with Gasteiger partial charge < -0.3 is 9.72 Å². The molecule has 0 amide bonds. The summed E-state index contributed by atoms with van der Waals surface area (Å²) >= 11 is 0. The van der Waals surface area contributed by atoms with Gasteiger partial charge in [-0.2, -0.15) is 0 Å². The molecule has 6 rings (SSSR count). The third kappa shape index (κ3) is 2.36. The maximum Gasteiger partial charge on any atom is 0.233 e. The van der Waals surface area contributed by atoms with Crippen LogP contribution in [-0.2, 0) is 0 Å². The van der Waals surface area contributed by atoms with Gasteiger partial charge in [-0.3, -0.25) is 4.90 Å². The van der Waals surface area contributed by atoms with Gasteiger partial charge in [0.05, 0.1) is 5.69 Å². The smallest absolute Gasteiger partial charge is 0.233 e. The van der Waals surface area contributed by atoms with Gasteiger partial charge >= 0.3 is 0 Å². The molecular formula is C19H20N4O. The summed E-state index contributed by atoms with van der Waals surface area (Å²) in [7, 11) is 0. The quantitative estimate of drug-likeness (QED) is 0.806. The standard InChI is InChI=1S/C19H20N4O/c1-2-4-16-14(3-1)15(11-20-16)17-5-6-19(22-21-17)24-18-12-23-9-7-13(18)8-10-23/h1-6,11,13,18,20H,7-10,12H2/t18-/m0/s1. The fourth-order valence-corrected chi connectivity index (χ4v) is 4.01. The van der Waals surface area contributed by atoms with Gasteiger partial charge in [-0.05, 0) is 44.0 Å². The van der Waals surface area contributed by atoms with Crippen molar-refractivity contribution in [1.82, 2.24) is 20.1 Å². The largest absolute Gasteiger partial charge is 0.472 e. The zero-order valence-electron chi connectivity index (χ0n) is 13.5. The maximum absolute atomic E-state index is 6.13. The van der Waals surface area contributed by atoms with Gasteiger partial charge in [-0.25, -0.2) is 0 Å². The van der Waals surface area contributed by atoms with Crippen molar-refractivity contribution in [2.75, 3.05) is 19.6 Å². The SMILES string of the molecule is c1ccc2c(-c3ccc(O[C@H]4CN5CCC4CC5)nn3)c[nH]c2c1. The Morgan fingerprint density at radius 1 is 1.04 bits per heavy atom. The Morgan fingerprint density at radius 2 is 1.92 bits per heavy atom. The first kappa shape index (κ1) is 14.0. The normalized spacial score (nSPS) is 25.9. The lowest BCUT2D eigenvalue weighted by Gasteiger charge is -2.44. The van der Waals surface area contributed by atoms with Crippen molar-refractivity contribution < 1.29 is 4.74 Å².